The number of quaternary nitrogens is 2. The maximum atomic E-state index is 8.91. The molecule has 0 amide bonds. The normalized spacial score (nSPS) is 12.0. The number of rotatable bonds is 43. The van der Waals surface area contributed by atoms with Gasteiger partial charge < -0.3 is 23.1 Å². The van der Waals surface area contributed by atoms with Crippen LogP contribution in [0.1, 0.15) is 273 Å². The van der Waals surface area contributed by atoms with Gasteiger partial charge in [0.05, 0.1) is 53.4 Å². The Morgan fingerprint density at radius 1 is 0.310 bits per heavy atom. The summed E-state index contributed by atoms with van der Waals surface area (Å²) in [7, 11) is 0.152. The molecule has 0 unspecified atom stereocenters. The third kappa shape index (κ3) is 51.9. The zero-order valence-electron chi connectivity index (χ0n) is 41.0. The van der Waals surface area contributed by atoms with Crippen LogP contribution in [0.3, 0.4) is 0 Å². The molecular formula is C50H108N2O5S. The zero-order valence-corrected chi connectivity index (χ0v) is 41.9. The van der Waals surface area contributed by atoms with E-state index in [1.165, 1.54) is 279 Å². The molecule has 354 valence electrons. The van der Waals surface area contributed by atoms with Crippen molar-refractivity contribution in [2.75, 3.05) is 53.4 Å². The quantitative estimate of drug-likeness (QED) is 0.0152. The lowest BCUT2D eigenvalue weighted by Gasteiger charge is -2.35. The monoisotopic (exact) mass is 849 g/mol. The van der Waals surface area contributed by atoms with Crippen LogP contribution < -0.4 is 5.26 Å². The van der Waals surface area contributed by atoms with Crippen molar-refractivity contribution < 1.29 is 31.5 Å². The van der Waals surface area contributed by atoms with Crippen LogP contribution in [0.5, 0.6) is 0 Å². The van der Waals surface area contributed by atoms with Crippen LogP contribution in [-0.2, 0) is 14.7 Å². The lowest BCUT2D eigenvalue weighted by atomic mass is 10.1. The molecule has 0 aliphatic carbocycles. The van der Waals surface area contributed by atoms with E-state index in [0.29, 0.717) is 0 Å². The van der Waals surface area contributed by atoms with Crippen molar-refractivity contribution in [3.05, 3.63) is 0 Å². The second-order valence-corrected chi connectivity index (χ2v) is 19.6. The highest BCUT2D eigenvalue weighted by Gasteiger charge is 2.21. The van der Waals surface area contributed by atoms with Gasteiger partial charge in [-0.2, -0.15) is 0 Å². The molecule has 0 aromatic rings. The Labute approximate surface area is 366 Å². The molecule has 0 saturated heterocycles. The first-order chi connectivity index (χ1) is 27.9. The fourth-order valence-corrected chi connectivity index (χ4v) is 8.31. The molecule has 0 aliphatic heterocycles. The van der Waals surface area contributed by atoms with Crippen LogP contribution in [-0.4, -0.2) is 75.3 Å². The van der Waals surface area contributed by atoms with E-state index in [2.05, 4.69) is 60.0 Å². The summed E-state index contributed by atoms with van der Waals surface area (Å²) in [5, 5.41) is 8.55. The summed E-state index contributed by atoms with van der Waals surface area (Å²) in [5.41, 5.74) is 0. The summed E-state index contributed by atoms with van der Waals surface area (Å²) >= 11 is 0. The van der Waals surface area contributed by atoms with Gasteiger partial charge in [0, 0.05) is 0 Å². The van der Waals surface area contributed by atoms with Crippen molar-refractivity contribution in [2.45, 2.75) is 273 Å². The summed E-state index contributed by atoms with van der Waals surface area (Å²) in [6, 6.07) is 0. The van der Waals surface area contributed by atoms with Gasteiger partial charge in [-0.1, -0.05) is 196 Å². The number of hydrogen-bond acceptors (Lipinski definition) is 5. The molecule has 0 atom stereocenters. The Morgan fingerprint density at radius 2 is 0.431 bits per heavy atom. The van der Waals surface area contributed by atoms with Crippen LogP contribution in [0.25, 0.3) is 0 Å². The molecule has 0 aromatic heterocycles. The Kier molecular flexibility index (Phi) is 51.1. The van der Waals surface area contributed by atoms with E-state index in [1.54, 1.807) is 0 Å². The first-order valence-electron chi connectivity index (χ1n) is 25.9. The van der Waals surface area contributed by atoms with E-state index < -0.39 is 10.4 Å². The molecule has 0 heterocycles. The molecule has 0 radical (unpaired) electrons. The third-order valence-corrected chi connectivity index (χ3v) is 12.6. The van der Waals surface area contributed by atoms with Gasteiger partial charge in [-0.25, -0.2) is 8.42 Å². The Hall–Kier alpha value is -0.250. The second kappa shape index (κ2) is 47.8. The van der Waals surface area contributed by atoms with E-state index in [4.69, 9.17) is 18.2 Å². The third-order valence-electron chi connectivity index (χ3n) is 12.4. The van der Waals surface area contributed by atoms with Gasteiger partial charge in [0.15, 0.2) is 0 Å². The van der Waals surface area contributed by atoms with E-state index in [-0.39, 0.29) is 0 Å². The molecule has 0 spiro atoms. The van der Waals surface area contributed by atoms with Gasteiger partial charge in [0.25, 0.3) is 0 Å². The van der Waals surface area contributed by atoms with Crippen molar-refractivity contribution in [3.8, 4) is 0 Å². The zero-order chi connectivity index (χ0) is 43.9. The summed E-state index contributed by atoms with van der Waals surface area (Å²) in [4.78, 5) is 0. The topological polar surface area (TPSA) is 89.5 Å². The van der Waals surface area contributed by atoms with Gasteiger partial charge in [-0.15, -0.1) is 0 Å². The Balaban J connectivity index is -0.000000912. The first kappa shape index (κ1) is 62.0. The van der Waals surface area contributed by atoms with Crippen LogP contribution >= 0.6 is 0 Å². The van der Waals surface area contributed by atoms with Crippen molar-refractivity contribution in [1.29, 1.82) is 0 Å². The maximum absolute atomic E-state index is 8.91. The van der Waals surface area contributed by atoms with E-state index in [9.17, 15) is 0 Å². The van der Waals surface area contributed by atoms with Crippen molar-refractivity contribution in [3.63, 3.8) is 0 Å². The lowest BCUT2D eigenvalue weighted by Crippen LogP contribution is -2.46. The van der Waals surface area contributed by atoms with Gasteiger partial charge in [0.2, 0.25) is 10.4 Å². The number of nitrogens with zero attached hydrogens (tertiary/aromatic N) is 2. The van der Waals surface area contributed by atoms with Crippen LogP contribution in [0.2, 0.25) is 0 Å². The first-order valence-corrected chi connectivity index (χ1v) is 27.2. The van der Waals surface area contributed by atoms with Gasteiger partial charge in [-0.3, -0.25) is 0 Å². The van der Waals surface area contributed by atoms with Crippen LogP contribution in [0.4, 0.5) is 0 Å². The molecule has 58 heavy (non-hydrogen) atoms. The lowest BCUT2D eigenvalue weighted by molar-refractivity contribution is -0.910. The molecule has 0 N–H and O–H groups in total. The van der Waals surface area contributed by atoms with Crippen LogP contribution in [0.15, 0.2) is 0 Å². The highest BCUT2D eigenvalue weighted by atomic mass is 32.3. The second-order valence-electron chi connectivity index (χ2n) is 18.7. The highest BCUT2D eigenvalue weighted by molar-refractivity contribution is 7.80. The molecule has 8 heteroatoms. The highest BCUT2D eigenvalue weighted by Crippen LogP contribution is 2.18. The molecule has 7 nitrogen and oxygen atoms in total. The standard InChI is InChI=1S/2C25H54N.H2O5S/c2*1-5-8-11-14-17-20-23-26(4,24-21-18-15-12-9-6-2)25-22-19-16-13-10-7-3;1-5-6(2,3)4/h2*5-25H2,1-4H3;1H,(H,2,3,4)/q2*+1;/p-2. The molecular weight excluding hydrogens is 741 g/mol. The molecule has 0 saturated carbocycles. The SMILES string of the molecule is CCCCCCCC[N+](C)(CCCCCCCC)CCCCCCCC.CCCCCCCC[N+](C)(CCCCCCCC)CCCCCCCC.O=S(=O)([O-])O[O-]. The fraction of sp³-hybridized carbons (Fsp3) is 1.00. The Bertz CT molecular complexity index is 736. The molecule has 0 aromatic carbocycles. The van der Waals surface area contributed by atoms with Crippen molar-refractivity contribution in [2.24, 2.45) is 0 Å². The minimum Gasteiger partial charge on any atom is -0.726 e. The number of hydrogen-bond donors (Lipinski definition) is 0. The summed E-state index contributed by atoms with van der Waals surface area (Å²) in [6.45, 7) is 22.4. The number of unbranched alkanes of at least 4 members (excludes halogenated alkanes) is 30. The van der Waals surface area contributed by atoms with Crippen molar-refractivity contribution in [1.82, 2.24) is 0 Å². The predicted molar refractivity (Wildman–Crippen MR) is 253 cm³/mol. The minimum atomic E-state index is -4.97. The van der Waals surface area contributed by atoms with Crippen molar-refractivity contribution >= 4 is 10.4 Å². The molecule has 0 aliphatic rings. The molecule has 0 rings (SSSR count). The van der Waals surface area contributed by atoms with E-state index in [1.807, 2.05) is 0 Å². The maximum Gasteiger partial charge on any atom is 0.208 e. The van der Waals surface area contributed by atoms with Gasteiger partial charge >= 0.3 is 0 Å². The largest absolute Gasteiger partial charge is 0.726 e. The van der Waals surface area contributed by atoms with Gasteiger partial charge in [-0.05, 0) is 77.0 Å². The summed E-state index contributed by atoms with van der Waals surface area (Å²) in [5.74, 6) is 0. The smallest absolute Gasteiger partial charge is 0.208 e. The average Bonchev–Trinajstić information content (AvgIpc) is 3.20. The summed E-state index contributed by atoms with van der Waals surface area (Å²) < 4.78 is 31.5. The van der Waals surface area contributed by atoms with E-state index >= 15 is 0 Å². The molecule has 0 bridgehead atoms. The predicted octanol–water partition coefficient (Wildman–Crippen LogP) is 14.8. The molecule has 0 fully saturated rings. The van der Waals surface area contributed by atoms with E-state index in [0.717, 1.165) is 0 Å². The summed E-state index contributed by atoms with van der Waals surface area (Å²) in [6.07, 6.45) is 51.7. The fourth-order valence-electron chi connectivity index (χ4n) is 8.31. The minimum absolute atomic E-state index is 1.36. The van der Waals surface area contributed by atoms with Crippen LogP contribution in [0, 0.1) is 0 Å². The van der Waals surface area contributed by atoms with Gasteiger partial charge in [0.1, 0.15) is 0 Å². The average molecular weight is 849 g/mol. The Morgan fingerprint density at radius 3 is 0.552 bits per heavy atom.